The minimum atomic E-state index is -0.451. The van der Waals surface area contributed by atoms with Gasteiger partial charge >= 0.3 is 0 Å². The van der Waals surface area contributed by atoms with Crippen LogP contribution < -0.4 is 10.7 Å². The van der Waals surface area contributed by atoms with Gasteiger partial charge < -0.3 is 5.32 Å². The van der Waals surface area contributed by atoms with Crippen LogP contribution in [0, 0.1) is 10.1 Å². The van der Waals surface area contributed by atoms with E-state index >= 15 is 0 Å². The van der Waals surface area contributed by atoms with E-state index in [1.807, 2.05) is 30.3 Å². The van der Waals surface area contributed by atoms with Gasteiger partial charge in [0, 0.05) is 12.6 Å². The Kier molecular flexibility index (Phi) is 5.56. The first-order valence-corrected chi connectivity index (χ1v) is 6.92. The third kappa shape index (κ3) is 4.64. The third-order valence-corrected chi connectivity index (χ3v) is 3.03. The van der Waals surface area contributed by atoms with Crippen LogP contribution in [-0.2, 0) is 6.54 Å². The van der Waals surface area contributed by atoms with Crippen LogP contribution in [0.1, 0.15) is 11.1 Å². The zero-order chi connectivity index (χ0) is 15.8. The minimum Gasteiger partial charge on any atom is -0.357 e. The van der Waals surface area contributed by atoms with Gasteiger partial charge in [0.05, 0.1) is 16.7 Å². The number of nitrogens with zero attached hydrogens (tertiary/aromatic N) is 2. The molecular weight excluding hydrogens is 300 g/mol. The van der Waals surface area contributed by atoms with Gasteiger partial charge in [-0.05, 0) is 23.8 Å². The van der Waals surface area contributed by atoms with E-state index < -0.39 is 4.92 Å². The summed E-state index contributed by atoms with van der Waals surface area (Å²) < 4.78 is 0. The van der Waals surface area contributed by atoms with Crippen molar-refractivity contribution in [3.05, 3.63) is 75.8 Å². The highest BCUT2D eigenvalue weighted by Crippen LogP contribution is 2.14. The summed E-state index contributed by atoms with van der Waals surface area (Å²) in [6.45, 7) is 0.577. The molecule has 0 aliphatic rings. The summed E-state index contributed by atoms with van der Waals surface area (Å²) in [4.78, 5) is 10.4. The predicted molar refractivity (Wildman–Crippen MR) is 89.7 cm³/mol. The number of rotatable bonds is 5. The molecule has 0 aliphatic carbocycles. The highest BCUT2D eigenvalue weighted by molar-refractivity contribution is 7.80. The zero-order valence-electron chi connectivity index (χ0n) is 11.6. The molecule has 0 heterocycles. The first-order valence-electron chi connectivity index (χ1n) is 6.51. The number of thiocarbonyl (C=S) groups is 1. The Labute approximate surface area is 133 Å². The molecule has 0 amide bonds. The van der Waals surface area contributed by atoms with Crippen molar-refractivity contribution in [1.82, 2.24) is 10.7 Å². The number of nitro benzene ring substituents is 1. The molecule has 0 saturated carbocycles. The largest absolute Gasteiger partial charge is 0.357 e. The Morgan fingerprint density at radius 2 is 1.86 bits per heavy atom. The smallest absolute Gasteiger partial charge is 0.278 e. The summed E-state index contributed by atoms with van der Waals surface area (Å²) in [6.07, 6.45) is 1.37. The quantitative estimate of drug-likeness (QED) is 0.384. The standard InChI is InChI=1S/C15H14N4O2S/c20-19(21)14-9-5-4-8-13(14)11-17-18-15(22)16-10-12-6-2-1-3-7-12/h1-9,11H,10H2,(H2,16,18,22)/b17-11+. The van der Waals surface area contributed by atoms with Crippen LogP contribution in [0.5, 0.6) is 0 Å². The van der Waals surface area contributed by atoms with Gasteiger partial charge in [0.1, 0.15) is 0 Å². The highest BCUT2D eigenvalue weighted by Gasteiger charge is 2.09. The Morgan fingerprint density at radius 1 is 1.18 bits per heavy atom. The van der Waals surface area contributed by atoms with Crippen molar-refractivity contribution < 1.29 is 4.92 Å². The topological polar surface area (TPSA) is 79.6 Å². The van der Waals surface area contributed by atoms with Crippen LogP contribution in [0.3, 0.4) is 0 Å². The molecule has 0 radical (unpaired) electrons. The first kappa shape index (κ1) is 15.6. The molecule has 0 unspecified atom stereocenters. The maximum Gasteiger partial charge on any atom is 0.278 e. The maximum atomic E-state index is 10.9. The molecule has 22 heavy (non-hydrogen) atoms. The van der Waals surface area contributed by atoms with Crippen LogP contribution in [0.25, 0.3) is 0 Å². The van der Waals surface area contributed by atoms with Crippen molar-refractivity contribution in [3.8, 4) is 0 Å². The number of para-hydroxylation sites is 1. The Bertz CT molecular complexity index is 689. The molecule has 2 rings (SSSR count). The molecule has 2 N–H and O–H groups in total. The number of hydrazone groups is 1. The van der Waals surface area contributed by atoms with Gasteiger partial charge in [-0.1, -0.05) is 42.5 Å². The first-order chi connectivity index (χ1) is 10.7. The van der Waals surface area contributed by atoms with Gasteiger partial charge in [-0.25, -0.2) is 0 Å². The molecule has 0 aromatic heterocycles. The fraction of sp³-hybridized carbons (Fsp3) is 0.0667. The van der Waals surface area contributed by atoms with Gasteiger partial charge in [0.25, 0.3) is 5.69 Å². The summed E-state index contributed by atoms with van der Waals surface area (Å²) >= 11 is 5.08. The molecule has 0 bridgehead atoms. The van der Waals surface area contributed by atoms with Crippen LogP contribution in [0.4, 0.5) is 5.69 Å². The number of nitro groups is 1. The lowest BCUT2D eigenvalue weighted by Crippen LogP contribution is -2.31. The summed E-state index contributed by atoms with van der Waals surface area (Å²) in [5, 5.41) is 18.1. The maximum absolute atomic E-state index is 10.9. The molecule has 0 saturated heterocycles. The van der Waals surface area contributed by atoms with Crippen molar-refractivity contribution in [2.24, 2.45) is 5.10 Å². The average Bonchev–Trinajstić information content (AvgIpc) is 2.54. The van der Waals surface area contributed by atoms with Crippen LogP contribution in [-0.4, -0.2) is 16.3 Å². The second-order valence-electron chi connectivity index (χ2n) is 4.35. The highest BCUT2D eigenvalue weighted by atomic mass is 32.1. The van der Waals surface area contributed by atoms with Crippen molar-refractivity contribution in [2.75, 3.05) is 0 Å². The Hall–Kier alpha value is -2.80. The van der Waals surface area contributed by atoms with Crippen molar-refractivity contribution in [1.29, 1.82) is 0 Å². The van der Waals surface area contributed by atoms with Crippen LogP contribution in [0.2, 0.25) is 0 Å². The molecule has 0 spiro atoms. The van der Waals surface area contributed by atoms with Gasteiger partial charge in [-0.15, -0.1) is 0 Å². The number of hydrogen-bond donors (Lipinski definition) is 2. The number of hydrogen-bond acceptors (Lipinski definition) is 4. The minimum absolute atomic E-state index is 0.00351. The van der Waals surface area contributed by atoms with E-state index in [1.165, 1.54) is 12.3 Å². The lowest BCUT2D eigenvalue weighted by atomic mass is 10.2. The lowest BCUT2D eigenvalue weighted by molar-refractivity contribution is -0.385. The fourth-order valence-corrected chi connectivity index (χ4v) is 1.87. The van der Waals surface area contributed by atoms with E-state index in [2.05, 4.69) is 15.8 Å². The molecule has 2 aromatic carbocycles. The summed E-state index contributed by atoms with van der Waals surface area (Å²) in [5.41, 5.74) is 4.13. The molecule has 112 valence electrons. The van der Waals surface area contributed by atoms with Crippen molar-refractivity contribution >= 4 is 29.2 Å². The van der Waals surface area contributed by atoms with E-state index in [1.54, 1.807) is 18.2 Å². The molecule has 6 nitrogen and oxygen atoms in total. The second-order valence-corrected chi connectivity index (χ2v) is 4.76. The van der Waals surface area contributed by atoms with Crippen LogP contribution >= 0.6 is 12.2 Å². The molecule has 0 aliphatic heterocycles. The van der Waals surface area contributed by atoms with E-state index in [-0.39, 0.29) is 5.69 Å². The lowest BCUT2D eigenvalue weighted by Gasteiger charge is -2.06. The fourth-order valence-electron chi connectivity index (χ4n) is 1.74. The summed E-state index contributed by atoms with van der Waals surface area (Å²) in [6, 6.07) is 16.1. The average molecular weight is 314 g/mol. The molecule has 0 atom stereocenters. The third-order valence-electron chi connectivity index (χ3n) is 2.80. The monoisotopic (exact) mass is 314 g/mol. The normalized spacial score (nSPS) is 10.4. The molecule has 0 fully saturated rings. The van der Waals surface area contributed by atoms with Crippen molar-refractivity contribution in [3.63, 3.8) is 0 Å². The SMILES string of the molecule is O=[N+]([O-])c1ccccc1/C=N/NC(=S)NCc1ccccc1. The number of benzene rings is 2. The molecular formula is C15H14N4O2S. The van der Waals surface area contributed by atoms with Gasteiger partial charge in [-0.2, -0.15) is 5.10 Å². The summed E-state index contributed by atoms with van der Waals surface area (Å²) in [7, 11) is 0. The van der Waals surface area contributed by atoms with Gasteiger partial charge in [-0.3, -0.25) is 15.5 Å². The van der Waals surface area contributed by atoms with Crippen molar-refractivity contribution in [2.45, 2.75) is 6.54 Å². The Balaban J connectivity index is 1.87. The molecule has 2 aromatic rings. The van der Waals surface area contributed by atoms with E-state index in [0.717, 1.165) is 5.56 Å². The van der Waals surface area contributed by atoms with Crippen LogP contribution in [0.15, 0.2) is 59.7 Å². The Morgan fingerprint density at radius 3 is 2.59 bits per heavy atom. The zero-order valence-corrected chi connectivity index (χ0v) is 12.4. The second kappa shape index (κ2) is 7.84. The van der Waals surface area contributed by atoms with Gasteiger partial charge in [0.2, 0.25) is 0 Å². The number of nitrogens with one attached hydrogen (secondary N) is 2. The van der Waals surface area contributed by atoms with E-state index in [9.17, 15) is 10.1 Å². The van der Waals surface area contributed by atoms with E-state index in [0.29, 0.717) is 17.2 Å². The van der Waals surface area contributed by atoms with E-state index in [4.69, 9.17) is 12.2 Å². The van der Waals surface area contributed by atoms with Gasteiger partial charge in [0.15, 0.2) is 5.11 Å². The molecule has 7 heteroatoms. The summed E-state index contributed by atoms with van der Waals surface area (Å²) in [5.74, 6) is 0. The predicted octanol–water partition coefficient (Wildman–Crippen LogP) is 2.59.